The Kier molecular flexibility index (Phi) is 17.7. The van der Waals surface area contributed by atoms with E-state index in [4.69, 9.17) is 5.11 Å². The van der Waals surface area contributed by atoms with Gasteiger partial charge in [0.05, 0.1) is 6.26 Å². The lowest BCUT2D eigenvalue weighted by atomic mass is 10.1. The molecule has 0 aromatic heterocycles. The van der Waals surface area contributed by atoms with E-state index in [0.717, 1.165) is 6.26 Å². The molecule has 0 aliphatic rings. The van der Waals surface area contributed by atoms with Crippen molar-refractivity contribution in [3.05, 3.63) is 48.8 Å². The predicted molar refractivity (Wildman–Crippen MR) is 95.6 cm³/mol. The molecule has 0 radical (unpaired) electrons. The Labute approximate surface area is 132 Å². The summed E-state index contributed by atoms with van der Waals surface area (Å²) in [5, 5.41) is 8.42. The van der Waals surface area contributed by atoms with Crippen molar-refractivity contribution in [3.8, 4) is 0 Å². The highest BCUT2D eigenvalue weighted by molar-refractivity contribution is 5.14. The normalized spacial score (nSPS) is 12.6. The first-order chi connectivity index (χ1) is 10.4. The van der Waals surface area contributed by atoms with Crippen molar-refractivity contribution in [2.75, 3.05) is 0 Å². The van der Waals surface area contributed by atoms with Gasteiger partial charge in [-0.2, -0.15) is 0 Å². The molecular formula is C20H34O. The van der Waals surface area contributed by atoms with Crippen LogP contribution in [0.15, 0.2) is 48.8 Å². The van der Waals surface area contributed by atoms with Gasteiger partial charge in [-0.15, -0.1) is 0 Å². The maximum absolute atomic E-state index is 8.42. The Hall–Kier alpha value is -1.24. The molecule has 0 aromatic rings. The summed E-state index contributed by atoms with van der Waals surface area (Å²) in [6.07, 6.45) is 29.8. The van der Waals surface area contributed by atoms with E-state index in [9.17, 15) is 0 Å². The number of aliphatic hydroxyl groups excluding tert-OH is 1. The quantitative estimate of drug-likeness (QED) is 0.207. The van der Waals surface area contributed by atoms with Crippen LogP contribution in [0.25, 0.3) is 0 Å². The van der Waals surface area contributed by atoms with Gasteiger partial charge in [-0.3, -0.25) is 0 Å². The fraction of sp³-hybridized carbons (Fsp3) is 0.600. The number of hydrogen-bond donors (Lipinski definition) is 1. The van der Waals surface area contributed by atoms with Gasteiger partial charge in [-0.25, -0.2) is 0 Å². The Morgan fingerprint density at radius 2 is 1.05 bits per heavy atom. The molecule has 1 nitrogen and oxygen atoms in total. The van der Waals surface area contributed by atoms with Crippen LogP contribution < -0.4 is 0 Å². The van der Waals surface area contributed by atoms with E-state index in [1.807, 2.05) is 18.2 Å². The lowest BCUT2D eigenvalue weighted by Crippen LogP contribution is -1.81. The summed E-state index contributed by atoms with van der Waals surface area (Å²) in [5.74, 6) is 0. The number of allylic oxidation sites excluding steroid dienone is 7. The van der Waals surface area contributed by atoms with Crippen LogP contribution in [0, 0.1) is 0 Å². The van der Waals surface area contributed by atoms with Crippen molar-refractivity contribution in [2.24, 2.45) is 0 Å². The Morgan fingerprint density at radius 1 is 0.571 bits per heavy atom. The Bertz CT molecular complexity index is 297. The Morgan fingerprint density at radius 3 is 1.62 bits per heavy atom. The molecule has 0 atom stereocenters. The Balaban J connectivity index is 3.21. The highest BCUT2D eigenvalue weighted by Crippen LogP contribution is 2.11. The molecule has 0 rings (SSSR count). The predicted octanol–water partition coefficient (Wildman–Crippen LogP) is 7.04. The third-order valence-electron chi connectivity index (χ3n) is 3.50. The summed E-state index contributed by atoms with van der Waals surface area (Å²) in [6.45, 7) is 2.27. The second kappa shape index (κ2) is 18.8. The van der Waals surface area contributed by atoms with Crippen molar-refractivity contribution >= 4 is 0 Å². The second-order valence-electron chi connectivity index (χ2n) is 5.51. The zero-order chi connectivity index (χ0) is 15.4. The van der Waals surface area contributed by atoms with E-state index in [0.29, 0.717) is 0 Å². The van der Waals surface area contributed by atoms with Crippen LogP contribution >= 0.6 is 0 Å². The first-order valence-corrected chi connectivity index (χ1v) is 8.71. The van der Waals surface area contributed by atoms with Crippen LogP contribution in [0.4, 0.5) is 0 Å². The smallest absolute Gasteiger partial charge is 0.0791 e. The van der Waals surface area contributed by atoms with Crippen molar-refractivity contribution in [1.82, 2.24) is 0 Å². The molecule has 0 aliphatic heterocycles. The van der Waals surface area contributed by atoms with Crippen LogP contribution in [-0.2, 0) is 0 Å². The molecule has 1 N–H and O–H groups in total. The number of aliphatic hydroxyl groups is 1. The van der Waals surface area contributed by atoms with Gasteiger partial charge in [-0.1, -0.05) is 101 Å². The van der Waals surface area contributed by atoms with E-state index in [1.54, 1.807) is 12.2 Å². The zero-order valence-electron chi connectivity index (χ0n) is 13.8. The minimum Gasteiger partial charge on any atom is -0.516 e. The highest BCUT2D eigenvalue weighted by atomic mass is 16.2. The second-order valence-corrected chi connectivity index (χ2v) is 5.51. The molecule has 0 heterocycles. The van der Waals surface area contributed by atoms with Gasteiger partial charge in [0.15, 0.2) is 0 Å². The van der Waals surface area contributed by atoms with Gasteiger partial charge in [0, 0.05) is 0 Å². The third kappa shape index (κ3) is 18.8. The van der Waals surface area contributed by atoms with Crippen LogP contribution in [0.5, 0.6) is 0 Å². The van der Waals surface area contributed by atoms with Gasteiger partial charge >= 0.3 is 0 Å². The number of hydrogen-bond acceptors (Lipinski definition) is 1. The summed E-state index contributed by atoms with van der Waals surface area (Å²) in [4.78, 5) is 0. The zero-order valence-corrected chi connectivity index (χ0v) is 13.8. The molecule has 0 unspecified atom stereocenters. The molecule has 0 spiro atoms. The fourth-order valence-electron chi connectivity index (χ4n) is 2.23. The summed E-state index contributed by atoms with van der Waals surface area (Å²) in [5.41, 5.74) is 0. The van der Waals surface area contributed by atoms with Crippen LogP contribution in [0.2, 0.25) is 0 Å². The van der Waals surface area contributed by atoms with Gasteiger partial charge in [0.2, 0.25) is 0 Å². The van der Waals surface area contributed by atoms with Gasteiger partial charge in [-0.05, 0) is 18.9 Å². The van der Waals surface area contributed by atoms with Crippen molar-refractivity contribution < 1.29 is 5.11 Å². The number of unbranched alkanes of at least 4 members (excludes halogenated alkanes) is 10. The van der Waals surface area contributed by atoms with Gasteiger partial charge in [0.25, 0.3) is 0 Å². The maximum atomic E-state index is 8.42. The molecule has 1 heteroatoms. The van der Waals surface area contributed by atoms with E-state index < -0.39 is 0 Å². The molecule has 0 aromatic carbocycles. The largest absolute Gasteiger partial charge is 0.516 e. The fourth-order valence-corrected chi connectivity index (χ4v) is 2.23. The van der Waals surface area contributed by atoms with Crippen LogP contribution in [-0.4, -0.2) is 5.11 Å². The minimum atomic E-state index is 1.03. The van der Waals surface area contributed by atoms with Gasteiger partial charge in [0.1, 0.15) is 0 Å². The summed E-state index contributed by atoms with van der Waals surface area (Å²) < 4.78 is 0. The lowest BCUT2D eigenvalue weighted by molar-refractivity contribution is 0.474. The molecule has 0 aliphatic carbocycles. The van der Waals surface area contributed by atoms with Crippen LogP contribution in [0.1, 0.15) is 77.6 Å². The molecule has 0 saturated heterocycles. The molecule has 120 valence electrons. The van der Waals surface area contributed by atoms with Crippen molar-refractivity contribution in [2.45, 2.75) is 77.6 Å². The van der Waals surface area contributed by atoms with E-state index in [-0.39, 0.29) is 0 Å². The monoisotopic (exact) mass is 290 g/mol. The molecule has 0 fully saturated rings. The van der Waals surface area contributed by atoms with Gasteiger partial charge < -0.3 is 5.11 Å². The average Bonchev–Trinajstić information content (AvgIpc) is 2.50. The summed E-state index contributed by atoms with van der Waals surface area (Å²) in [6, 6.07) is 0. The maximum Gasteiger partial charge on any atom is 0.0791 e. The van der Waals surface area contributed by atoms with E-state index in [2.05, 4.69) is 19.1 Å². The average molecular weight is 290 g/mol. The molecule has 0 saturated carbocycles. The molecular weight excluding hydrogens is 256 g/mol. The molecule has 0 bridgehead atoms. The highest BCUT2D eigenvalue weighted by Gasteiger charge is 1.91. The van der Waals surface area contributed by atoms with Crippen LogP contribution in [0.3, 0.4) is 0 Å². The van der Waals surface area contributed by atoms with Crippen molar-refractivity contribution in [3.63, 3.8) is 0 Å². The topological polar surface area (TPSA) is 20.2 Å². The summed E-state index contributed by atoms with van der Waals surface area (Å²) in [7, 11) is 0. The van der Waals surface area contributed by atoms with Crippen molar-refractivity contribution in [1.29, 1.82) is 0 Å². The number of rotatable bonds is 14. The summed E-state index contributed by atoms with van der Waals surface area (Å²) >= 11 is 0. The lowest BCUT2D eigenvalue weighted by Gasteiger charge is -2.01. The van der Waals surface area contributed by atoms with E-state index >= 15 is 0 Å². The van der Waals surface area contributed by atoms with E-state index in [1.165, 1.54) is 70.6 Å². The standard InChI is InChI=1S/C20H34O/c1-2-3-4-5-6-7-8-9-10-11-12-13-14-15-16-17-18-19-20-21/h13-21H,2-12H2,1H3/b14-13+,16-15+,18-17+,20-19+. The first kappa shape index (κ1) is 19.8. The molecule has 0 amide bonds. The third-order valence-corrected chi connectivity index (χ3v) is 3.50. The molecule has 21 heavy (non-hydrogen) atoms. The first-order valence-electron chi connectivity index (χ1n) is 8.71. The minimum absolute atomic E-state index is 1.03. The SMILES string of the molecule is CCCCCCCCCCCC/C=C/C=C/C=C/C=C/O.